The number of ether oxygens (including phenoxy) is 5. The van der Waals surface area contributed by atoms with Crippen molar-refractivity contribution in [1.29, 1.82) is 0 Å². The van der Waals surface area contributed by atoms with Crippen molar-refractivity contribution in [3.63, 3.8) is 0 Å². The molecule has 0 aliphatic carbocycles. The molecule has 0 radical (unpaired) electrons. The van der Waals surface area contributed by atoms with Crippen LogP contribution < -0.4 is 18.9 Å². The normalized spacial score (nSPS) is 14.5. The van der Waals surface area contributed by atoms with Crippen molar-refractivity contribution in [3.8, 4) is 23.0 Å². The van der Waals surface area contributed by atoms with Gasteiger partial charge in [0.05, 0.1) is 27.9 Å². The first-order valence-electron chi connectivity index (χ1n) is 8.65. The topological polar surface area (TPSA) is 75.6 Å². The van der Waals surface area contributed by atoms with Gasteiger partial charge in [-0.2, -0.15) is 0 Å². The number of hydrogen-bond donors (Lipinski definition) is 0. The molecule has 7 nitrogen and oxygen atoms in total. The van der Waals surface area contributed by atoms with Gasteiger partial charge in [-0.15, -0.1) is 0 Å². The molecule has 0 aromatic heterocycles. The lowest BCUT2D eigenvalue weighted by molar-refractivity contribution is -0.129. The zero-order valence-electron chi connectivity index (χ0n) is 16.1. The number of cyclic esters (lactones) is 1. The van der Waals surface area contributed by atoms with Crippen molar-refractivity contribution in [2.75, 3.05) is 27.9 Å². The summed E-state index contributed by atoms with van der Waals surface area (Å²) in [7, 11) is 4.58. The fourth-order valence-corrected chi connectivity index (χ4v) is 2.74. The summed E-state index contributed by atoms with van der Waals surface area (Å²) >= 11 is 0. The maximum atomic E-state index is 12.2. The largest absolute Gasteiger partial charge is 0.494 e. The van der Waals surface area contributed by atoms with E-state index >= 15 is 0 Å². The quantitative estimate of drug-likeness (QED) is 0.538. The summed E-state index contributed by atoms with van der Waals surface area (Å²) in [6, 6.07) is 10.6. The van der Waals surface area contributed by atoms with Gasteiger partial charge in [0.15, 0.2) is 17.2 Å². The van der Waals surface area contributed by atoms with E-state index in [0.717, 1.165) is 5.75 Å². The molecule has 2 aromatic rings. The molecule has 1 aliphatic rings. The first kappa shape index (κ1) is 19.3. The lowest BCUT2D eigenvalue weighted by atomic mass is 10.1. The average molecular weight is 383 g/mol. The number of aliphatic imine (C=N–C) groups is 1. The van der Waals surface area contributed by atoms with Crippen LogP contribution in [-0.2, 0) is 9.53 Å². The molecule has 0 saturated heterocycles. The van der Waals surface area contributed by atoms with Gasteiger partial charge in [-0.05, 0) is 55.0 Å². The average Bonchev–Trinajstić information content (AvgIpc) is 3.08. The molecule has 0 atom stereocenters. The van der Waals surface area contributed by atoms with Gasteiger partial charge in [0.2, 0.25) is 11.6 Å². The fourth-order valence-electron chi connectivity index (χ4n) is 2.74. The highest BCUT2D eigenvalue weighted by molar-refractivity contribution is 6.12. The Morgan fingerprint density at radius 2 is 1.64 bits per heavy atom. The van der Waals surface area contributed by atoms with Crippen LogP contribution in [0, 0.1) is 0 Å². The van der Waals surface area contributed by atoms with Gasteiger partial charge in [-0.1, -0.05) is 0 Å². The highest BCUT2D eigenvalue weighted by Gasteiger charge is 2.24. The Hall–Kier alpha value is -3.48. The smallest absolute Gasteiger partial charge is 0.363 e. The number of methoxy groups -OCH3 is 3. The van der Waals surface area contributed by atoms with Crippen molar-refractivity contribution in [2.24, 2.45) is 4.99 Å². The number of hydrogen-bond acceptors (Lipinski definition) is 7. The van der Waals surface area contributed by atoms with E-state index in [-0.39, 0.29) is 11.6 Å². The summed E-state index contributed by atoms with van der Waals surface area (Å²) in [5.74, 6) is 1.89. The summed E-state index contributed by atoms with van der Waals surface area (Å²) in [5.41, 5.74) is 1.53. The number of rotatable bonds is 7. The second-order valence-corrected chi connectivity index (χ2v) is 5.75. The van der Waals surface area contributed by atoms with Crippen LogP contribution in [0.25, 0.3) is 6.08 Å². The monoisotopic (exact) mass is 383 g/mol. The summed E-state index contributed by atoms with van der Waals surface area (Å²) in [6.07, 6.45) is 1.61. The first-order valence-corrected chi connectivity index (χ1v) is 8.65. The summed E-state index contributed by atoms with van der Waals surface area (Å²) < 4.78 is 26.7. The highest BCUT2D eigenvalue weighted by Crippen LogP contribution is 2.39. The summed E-state index contributed by atoms with van der Waals surface area (Å²) in [6.45, 7) is 2.49. The molecular weight excluding hydrogens is 362 g/mol. The maximum Gasteiger partial charge on any atom is 0.363 e. The third kappa shape index (κ3) is 3.93. The van der Waals surface area contributed by atoms with E-state index in [0.29, 0.717) is 35.0 Å². The van der Waals surface area contributed by atoms with Crippen LogP contribution in [0.4, 0.5) is 0 Å². The van der Waals surface area contributed by atoms with Crippen LogP contribution in [0.1, 0.15) is 18.1 Å². The minimum Gasteiger partial charge on any atom is -0.494 e. The van der Waals surface area contributed by atoms with Crippen molar-refractivity contribution in [3.05, 3.63) is 53.2 Å². The van der Waals surface area contributed by atoms with Crippen LogP contribution >= 0.6 is 0 Å². The van der Waals surface area contributed by atoms with E-state index in [1.54, 1.807) is 42.5 Å². The molecule has 0 fully saturated rings. The van der Waals surface area contributed by atoms with Crippen molar-refractivity contribution in [1.82, 2.24) is 0 Å². The Morgan fingerprint density at radius 1 is 1.00 bits per heavy atom. The van der Waals surface area contributed by atoms with E-state index in [2.05, 4.69) is 4.99 Å². The van der Waals surface area contributed by atoms with Crippen LogP contribution in [0.3, 0.4) is 0 Å². The summed E-state index contributed by atoms with van der Waals surface area (Å²) in [4.78, 5) is 16.6. The second kappa shape index (κ2) is 8.47. The van der Waals surface area contributed by atoms with Gasteiger partial charge in [0.1, 0.15) is 5.75 Å². The molecule has 28 heavy (non-hydrogen) atoms. The molecule has 0 amide bonds. The predicted octanol–water partition coefficient (Wildman–Crippen LogP) is 3.46. The Bertz CT molecular complexity index is 905. The lowest BCUT2D eigenvalue weighted by Crippen LogP contribution is -2.05. The predicted molar refractivity (Wildman–Crippen MR) is 104 cm³/mol. The first-order chi connectivity index (χ1) is 13.6. The number of nitrogens with zero attached hydrogens (tertiary/aromatic N) is 1. The Labute approximate surface area is 163 Å². The molecule has 0 unspecified atom stereocenters. The Morgan fingerprint density at radius 3 is 2.18 bits per heavy atom. The van der Waals surface area contributed by atoms with Crippen molar-refractivity contribution >= 4 is 17.9 Å². The van der Waals surface area contributed by atoms with Gasteiger partial charge in [0.25, 0.3) is 0 Å². The van der Waals surface area contributed by atoms with Gasteiger partial charge in [0, 0.05) is 5.56 Å². The standard InChI is InChI=1S/C21H21NO6/c1-5-27-15-8-6-14(7-9-15)20-22-16(21(23)28-20)10-13-11-17(24-2)19(26-4)18(12-13)25-3/h6-12H,5H2,1-4H3/b16-10-. The fraction of sp³-hybridized carbons (Fsp3) is 0.238. The van der Waals surface area contributed by atoms with Crippen LogP contribution in [0.2, 0.25) is 0 Å². The molecule has 0 spiro atoms. The minimum atomic E-state index is -0.530. The lowest BCUT2D eigenvalue weighted by Gasteiger charge is -2.12. The molecule has 0 saturated carbocycles. The Kier molecular flexibility index (Phi) is 5.84. The van der Waals surface area contributed by atoms with Crippen molar-refractivity contribution in [2.45, 2.75) is 6.92 Å². The number of benzene rings is 2. The van der Waals surface area contributed by atoms with Crippen LogP contribution in [0.5, 0.6) is 23.0 Å². The molecule has 1 aliphatic heterocycles. The third-order valence-electron chi connectivity index (χ3n) is 4.02. The van der Waals surface area contributed by atoms with E-state index < -0.39 is 5.97 Å². The number of carbonyl (C=O) groups excluding carboxylic acids is 1. The molecular formula is C21H21NO6. The zero-order chi connectivity index (χ0) is 20.1. The van der Waals surface area contributed by atoms with E-state index in [4.69, 9.17) is 23.7 Å². The van der Waals surface area contributed by atoms with Crippen LogP contribution in [-0.4, -0.2) is 39.8 Å². The van der Waals surface area contributed by atoms with E-state index in [1.807, 2.05) is 6.92 Å². The number of carbonyl (C=O) groups is 1. The van der Waals surface area contributed by atoms with E-state index in [1.165, 1.54) is 21.3 Å². The van der Waals surface area contributed by atoms with Gasteiger partial charge in [-0.3, -0.25) is 0 Å². The van der Waals surface area contributed by atoms with Gasteiger partial charge >= 0.3 is 5.97 Å². The maximum absolute atomic E-state index is 12.2. The SMILES string of the molecule is CCOc1ccc(C2=N/C(=C\c3cc(OC)c(OC)c(OC)c3)C(=O)O2)cc1. The molecule has 3 rings (SSSR count). The second-order valence-electron chi connectivity index (χ2n) is 5.75. The highest BCUT2D eigenvalue weighted by atomic mass is 16.6. The Balaban J connectivity index is 1.93. The molecule has 0 N–H and O–H groups in total. The third-order valence-corrected chi connectivity index (χ3v) is 4.02. The van der Waals surface area contributed by atoms with Gasteiger partial charge < -0.3 is 23.7 Å². The zero-order valence-corrected chi connectivity index (χ0v) is 16.1. The molecule has 7 heteroatoms. The molecule has 0 bridgehead atoms. The van der Waals surface area contributed by atoms with Crippen molar-refractivity contribution < 1.29 is 28.5 Å². The van der Waals surface area contributed by atoms with Gasteiger partial charge in [-0.25, -0.2) is 9.79 Å². The van der Waals surface area contributed by atoms with Crippen LogP contribution in [0.15, 0.2) is 47.1 Å². The molecule has 1 heterocycles. The summed E-state index contributed by atoms with van der Waals surface area (Å²) in [5, 5.41) is 0. The molecule has 2 aromatic carbocycles. The van der Waals surface area contributed by atoms with E-state index in [9.17, 15) is 4.79 Å². The number of esters is 1. The molecule has 146 valence electrons. The minimum absolute atomic E-state index is 0.179.